The Hall–Kier alpha value is -3.15. The molecule has 0 N–H and O–H groups in total. The molecule has 0 rings (SSSR count). The molecule has 1 unspecified atom stereocenters. The highest BCUT2D eigenvalue weighted by Crippen LogP contribution is 2.18. The number of ether oxygens (including phenoxy) is 3. The Morgan fingerprint density at radius 2 is 0.487 bits per heavy atom. The van der Waals surface area contributed by atoms with E-state index >= 15 is 0 Å². The van der Waals surface area contributed by atoms with Crippen molar-refractivity contribution >= 4 is 17.9 Å². The van der Waals surface area contributed by atoms with Gasteiger partial charge in [-0.05, 0) is 89.9 Å². The average Bonchev–Trinajstić information content (AvgIpc) is 3.46. The van der Waals surface area contributed by atoms with Crippen LogP contribution in [0.5, 0.6) is 0 Å². The second-order valence-electron chi connectivity index (χ2n) is 23.4. The van der Waals surface area contributed by atoms with Crippen molar-refractivity contribution < 1.29 is 28.6 Å². The van der Waals surface area contributed by atoms with E-state index in [1.165, 1.54) is 225 Å². The molecule has 6 heteroatoms. The Morgan fingerprint density at radius 1 is 0.263 bits per heavy atom. The van der Waals surface area contributed by atoms with Gasteiger partial charge in [-0.15, -0.1) is 0 Å². The molecule has 0 aromatic carbocycles. The maximum atomic E-state index is 13.0. The third kappa shape index (κ3) is 65.7. The molecule has 464 valence electrons. The van der Waals surface area contributed by atoms with Gasteiger partial charge in [0, 0.05) is 19.3 Å². The molecule has 0 aliphatic heterocycles. The lowest BCUT2D eigenvalue weighted by Crippen LogP contribution is -2.30. The van der Waals surface area contributed by atoms with Crippen LogP contribution in [0.15, 0.2) is 72.9 Å². The van der Waals surface area contributed by atoms with E-state index in [1.54, 1.807) is 0 Å². The minimum atomic E-state index is -0.778. The number of carbonyl (C=O) groups is 3. The first-order valence-corrected chi connectivity index (χ1v) is 34.9. The first-order chi connectivity index (χ1) is 39.5. The maximum absolute atomic E-state index is 13.0. The van der Waals surface area contributed by atoms with E-state index in [9.17, 15) is 14.4 Å². The SMILES string of the molecule is CC/C=C\C/C=C\C/C=C\C/C=C\C/C=C\CCCCCCCCCCCC(=O)OCC(COC(=O)CCCCCCCCCCCCCCCC)OC(=O)CCCCCCCCCCCCC/C=C\CCCCCCCCCC. The molecule has 0 aliphatic carbocycles. The molecule has 0 saturated heterocycles. The van der Waals surface area contributed by atoms with E-state index in [2.05, 4.69) is 93.7 Å². The Balaban J connectivity index is 4.31. The topological polar surface area (TPSA) is 78.9 Å². The molecule has 0 spiro atoms. The van der Waals surface area contributed by atoms with Gasteiger partial charge in [-0.2, -0.15) is 0 Å². The molecule has 0 fully saturated rings. The van der Waals surface area contributed by atoms with Gasteiger partial charge in [-0.3, -0.25) is 14.4 Å². The minimum absolute atomic E-state index is 0.0731. The largest absolute Gasteiger partial charge is 0.462 e. The van der Waals surface area contributed by atoms with Crippen LogP contribution in [0.4, 0.5) is 0 Å². The fourth-order valence-electron chi connectivity index (χ4n) is 10.2. The number of hydrogen-bond acceptors (Lipinski definition) is 6. The van der Waals surface area contributed by atoms with Gasteiger partial charge in [-0.1, -0.05) is 325 Å². The zero-order chi connectivity index (χ0) is 57.8. The van der Waals surface area contributed by atoms with Crippen molar-refractivity contribution in [3.8, 4) is 0 Å². The molecular weight excluding hydrogens is 985 g/mol. The van der Waals surface area contributed by atoms with Crippen molar-refractivity contribution in [3.05, 3.63) is 72.9 Å². The Labute approximate surface area is 497 Å². The van der Waals surface area contributed by atoms with Crippen molar-refractivity contribution in [1.82, 2.24) is 0 Å². The zero-order valence-electron chi connectivity index (χ0n) is 53.3. The fourth-order valence-corrected chi connectivity index (χ4v) is 10.2. The van der Waals surface area contributed by atoms with Gasteiger partial charge in [0.1, 0.15) is 13.2 Å². The van der Waals surface area contributed by atoms with E-state index in [0.29, 0.717) is 19.3 Å². The van der Waals surface area contributed by atoms with Crippen LogP contribution in [0, 0.1) is 0 Å². The number of carbonyl (C=O) groups excluding carboxylic acids is 3. The van der Waals surface area contributed by atoms with Crippen LogP contribution in [-0.2, 0) is 28.6 Å². The van der Waals surface area contributed by atoms with Crippen LogP contribution >= 0.6 is 0 Å². The van der Waals surface area contributed by atoms with Gasteiger partial charge in [-0.25, -0.2) is 0 Å². The van der Waals surface area contributed by atoms with Gasteiger partial charge < -0.3 is 14.2 Å². The summed E-state index contributed by atoms with van der Waals surface area (Å²) in [5, 5.41) is 0. The van der Waals surface area contributed by atoms with Gasteiger partial charge in [0.15, 0.2) is 6.10 Å². The Bertz CT molecular complexity index is 1470. The molecule has 6 nitrogen and oxygen atoms in total. The first-order valence-electron chi connectivity index (χ1n) is 34.9. The summed E-state index contributed by atoms with van der Waals surface area (Å²) in [5.41, 5.74) is 0. The second-order valence-corrected chi connectivity index (χ2v) is 23.4. The molecule has 0 aromatic rings. The minimum Gasteiger partial charge on any atom is -0.462 e. The van der Waals surface area contributed by atoms with Gasteiger partial charge in [0.2, 0.25) is 0 Å². The smallest absolute Gasteiger partial charge is 0.306 e. The standard InChI is InChI=1S/C74H132O6/c1-4-7-10-13-16-19-22-25-28-30-32-34-36-37-39-40-42-44-46-49-52-55-58-61-64-67-73(76)79-70-71(69-78-72(75)66-63-60-57-54-51-48-27-24-21-18-15-12-9-6-3)80-74(77)68-65-62-59-56-53-50-47-45-43-41-38-35-33-31-29-26-23-20-17-14-11-8-5-2/h7,10,16,19,25,28,31-34,37,39,71H,4-6,8-9,11-15,17-18,20-24,26-27,29-30,35-36,38,40-70H2,1-3H3/b10-7-,19-16-,28-25-,33-31-,34-32-,39-37-. The van der Waals surface area contributed by atoms with Crippen molar-refractivity contribution in [1.29, 1.82) is 0 Å². The van der Waals surface area contributed by atoms with E-state index < -0.39 is 6.10 Å². The number of unbranched alkanes of at least 4 members (excludes halogenated alkanes) is 41. The van der Waals surface area contributed by atoms with Gasteiger partial charge >= 0.3 is 17.9 Å². The molecule has 0 saturated carbocycles. The lowest BCUT2D eigenvalue weighted by Gasteiger charge is -2.18. The number of rotatable bonds is 64. The molecule has 80 heavy (non-hydrogen) atoms. The van der Waals surface area contributed by atoms with Crippen molar-refractivity contribution in [2.24, 2.45) is 0 Å². The van der Waals surface area contributed by atoms with Crippen molar-refractivity contribution in [2.45, 2.75) is 367 Å². The van der Waals surface area contributed by atoms with E-state index in [4.69, 9.17) is 14.2 Å². The molecule has 0 amide bonds. The summed E-state index contributed by atoms with van der Waals surface area (Å²) in [6.07, 6.45) is 89.2. The van der Waals surface area contributed by atoms with E-state index in [-0.39, 0.29) is 31.1 Å². The van der Waals surface area contributed by atoms with Gasteiger partial charge in [0.05, 0.1) is 0 Å². The third-order valence-electron chi connectivity index (χ3n) is 15.4. The molecular formula is C74H132O6. The molecule has 1 atom stereocenters. The molecule has 0 heterocycles. The number of hydrogen-bond donors (Lipinski definition) is 0. The Kier molecular flexibility index (Phi) is 65.7. The van der Waals surface area contributed by atoms with Crippen LogP contribution < -0.4 is 0 Å². The summed E-state index contributed by atoms with van der Waals surface area (Å²) in [4.78, 5) is 38.4. The Morgan fingerprint density at radius 3 is 0.775 bits per heavy atom. The molecule has 0 radical (unpaired) electrons. The lowest BCUT2D eigenvalue weighted by molar-refractivity contribution is -0.167. The predicted molar refractivity (Wildman–Crippen MR) is 348 cm³/mol. The summed E-state index contributed by atoms with van der Waals surface area (Å²) in [6.45, 7) is 6.58. The maximum Gasteiger partial charge on any atom is 0.306 e. The lowest BCUT2D eigenvalue weighted by atomic mass is 10.0. The first kappa shape index (κ1) is 76.9. The third-order valence-corrected chi connectivity index (χ3v) is 15.4. The van der Waals surface area contributed by atoms with Crippen LogP contribution in [0.1, 0.15) is 361 Å². The molecule has 0 aliphatic rings. The zero-order valence-corrected chi connectivity index (χ0v) is 53.3. The molecule has 0 aromatic heterocycles. The monoisotopic (exact) mass is 1120 g/mol. The normalized spacial score (nSPS) is 12.5. The predicted octanol–water partition coefficient (Wildman–Crippen LogP) is 24.1. The molecule has 0 bridgehead atoms. The van der Waals surface area contributed by atoms with E-state index in [1.807, 2.05) is 0 Å². The average molecular weight is 1120 g/mol. The fraction of sp³-hybridized carbons (Fsp3) is 0.797. The summed E-state index contributed by atoms with van der Waals surface area (Å²) in [6, 6.07) is 0. The summed E-state index contributed by atoms with van der Waals surface area (Å²) in [5.74, 6) is -0.859. The van der Waals surface area contributed by atoms with Crippen LogP contribution in [0.3, 0.4) is 0 Å². The van der Waals surface area contributed by atoms with Crippen molar-refractivity contribution in [2.75, 3.05) is 13.2 Å². The highest BCUT2D eigenvalue weighted by molar-refractivity contribution is 5.71. The number of esters is 3. The quantitative estimate of drug-likeness (QED) is 0.0261. The van der Waals surface area contributed by atoms with E-state index in [0.717, 1.165) is 96.3 Å². The van der Waals surface area contributed by atoms with Crippen LogP contribution in [0.2, 0.25) is 0 Å². The highest BCUT2D eigenvalue weighted by Gasteiger charge is 2.19. The summed E-state index contributed by atoms with van der Waals surface area (Å²) in [7, 11) is 0. The summed E-state index contributed by atoms with van der Waals surface area (Å²) < 4.78 is 17.0. The van der Waals surface area contributed by atoms with Crippen molar-refractivity contribution in [3.63, 3.8) is 0 Å². The van der Waals surface area contributed by atoms with Crippen LogP contribution in [0.25, 0.3) is 0 Å². The summed E-state index contributed by atoms with van der Waals surface area (Å²) >= 11 is 0. The number of allylic oxidation sites excluding steroid dienone is 12. The van der Waals surface area contributed by atoms with Gasteiger partial charge in [0.25, 0.3) is 0 Å². The van der Waals surface area contributed by atoms with Crippen LogP contribution in [-0.4, -0.2) is 37.2 Å². The second kappa shape index (κ2) is 68.3. The highest BCUT2D eigenvalue weighted by atomic mass is 16.6.